The normalized spacial score (nSPS) is 11.1. The number of benzene rings is 1. The minimum absolute atomic E-state index is 0.139. The van der Waals surface area contributed by atoms with Gasteiger partial charge in [0.1, 0.15) is 0 Å². The summed E-state index contributed by atoms with van der Waals surface area (Å²) < 4.78 is 3.21. The zero-order valence-corrected chi connectivity index (χ0v) is 8.82. The molecule has 1 nitrogen and oxygen atoms in total. The van der Waals surface area contributed by atoms with Crippen LogP contribution in [0.25, 0.3) is 19.5 Å². The molecular formula is C11H6OS2. The molecule has 1 aromatic carbocycles. The summed E-state index contributed by atoms with van der Waals surface area (Å²) in [6.07, 6.45) is 0. The molecule has 3 rings (SSSR count). The van der Waals surface area contributed by atoms with Gasteiger partial charge in [-0.15, -0.1) is 22.7 Å². The predicted molar refractivity (Wildman–Crippen MR) is 63.5 cm³/mol. The highest BCUT2D eigenvalue weighted by Crippen LogP contribution is 2.33. The molecule has 0 radical (unpaired) electrons. The van der Waals surface area contributed by atoms with E-state index in [1.54, 1.807) is 28.7 Å². The van der Waals surface area contributed by atoms with E-state index in [0.29, 0.717) is 0 Å². The molecule has 2 aromatic heterocycles. The van der Waals surface area contributed by atoms with Gasteiger partial charge in [-0.2, -0.15) is 0 Å². The molecule has 0 saturated heterocycles. The van der Waals surface area contributed by atoms with Crippen LogP contribution in [-0.4, -0.2) is 0 Å². The first-order valence-electron chi connectivity index (χ1n) is 4.25. The molecule has 0 aliphatic rings. The smallest absolute Gasteiger partial charge is 0.198 e. The van der Waals surface area contributed by atoms with Crippen LogP contribution in [0.5, 0.6) is 0 Å². The van der Waals surface area contributed by atoms with Gasteiger partial charge in [-0.3, -0.25) is 4.79 Å². The molecule has 3 heteroatoms. The first kappa shape index (κ1) is 8.15. The number of hydrogen-bond acceptors (Lipinski definition) is 3. The molecule has 0 aliphatic heterocycles. The van der Waals surface area contributed by atoms with Crippen LogP contribution in [0.3, 0.4) is 0 Å². The highest BCUT2D eigenvalue weighted by molar-refractivity contribution is 7.31. The maximum atomic E-state index is 11.6. The lowest BCUT2D eigenvalue weighted by molar-refractivity contribution is 1.80. The Balaban J connectivity index is 2.70. The molecule has 0 spiro atoms. The SMILES string of the molecule is O=c1ccsc2c1sc1ccccc12. The Morgan fingerprint density at radius 2 is 1.86 bits per heavy atom. The first-order valence-corrected chi connectivity index (χ1v) is 5.95. The standard InChI is InChI=1S/C11H6OS2/c12-8-5-6-13-10-7-3-1-2-4-9(7)14-11(8)10/h1-6H. The van der Waals surface area contributed by atoms with Gasteiger partial charge in [0.25, 0.3) is 0 Å². The second-order valence-corrected chi connectivity index (χ2v) is 5.01. The molecule has 0 unspecified atom stereocenters. The lowest BCUT2D eigenvalue weighted by Gasteiger charge is -1.87. The van der Waals surface area contributed by atoms with Crippen molar-refractivity contribution in [3.8, 4) is 0 Å². The van der Waals surface area contributed by atoms with Gasteiger partial charge < -0.3 is 0 Å². The second-order valence-electron chi connectivity index (χ2n) is 3.04. The minimum Gasteiger partial charge on any atom is -0.288 e. The molecule has 0 bridgehead atoms. The van der Waals surface area contributed by atoms with Gasteiger partial charge in [-0.05, 0) is 17.5 Å². The average Bonchev–Trinajstić information content (AvgIpc) is 2.59. The molecule has 0 N–H and O–H groups in total. The Labute approximate surface area is 88.2 Å². The molecular weight excluding hydrogens is 212 g/mol. The van der Waals surface area contributed by atoms with Gasteiger partial charge in [-0.1, -0.05) is 18.2 Å². The molecule has 0 atom stereocenters. The number of rotatable bonds is 0. The molecule has 14 heavy (non-hydrogen) atoms. The van der Waals surface area contributed by atoms with E-state index in [1.165, 1.54) is 10.1 Å². The lowest BCUT2D eigenvalue weighted by atomic mass is 10.2. The van der Waals surface area contributed by atoms with Crippen molar-refractivity contribution in [2.45, 2.75) is 0 Å². The largest absolute Gasteiger partial charge is 0.288 e. The van der Waals surface area contributed by atoms with Crippen LogP contribution in [0.15, 0.2) is 40.5 Å². The van der Waals surface area contributed by atoms with Crippen molar-refractivity contribution >= 4 is 42.2 Å². The topological polar surface area (TPSA) is 17.1 Å². The van der Waals surface area contributed by atoms with Gasteiger partial charge in [0, 0.05) is 10.1 Å². The molecule has 0 saturated carbocycles. The van der Waals surface area contributed by atoms with Gasteiger partial charge >= 0.3 is 0 Å². The van der Waals surface area contributed by atoms with E-state index in [0.717, 1.165) is 9.40 Å². The van der Waals surface area contributed by atoms with Crippen molar-refractivity contribution in [1.29, 1.82) is 0 Å². The first-order chi connectivity index (χ1) is 6.86. The predicted octanol–water partition coefficient (Wildman–Crippen LogP) is 3.48. The Bertz CT molecular complexity index is 663. The maximum absolute atomic E-state index is 11.6. The monoisotopic (exact) mass is 218 g/mol. The fraction of sp³-hybridized carbons (Fsp3) is 0. The van der Waals surface area contributed by atoms with Crippen LogP contribution in [0, 0.1) is 0 Å². The molecule has 0 fully saturated rings. The highest BCUT2D eigenvalue weighted by atomic mass is 32.1. The van der Waals surface area contributed by atoms with Crippen molar-refractivity contribution in [1.82, 2.24) is 0 Å². The summed E-state index contributed by atoms with van der Waals surface area (Å²) in [6.45, 7) is 0. The van der Waals surface area contributed by atoms with E-state index in [9.17, 15) is 4.79 Å². The molecule has 2 heterocycles. The van der Waals surface area contributed by atoms with Crippen molar-refractivity contribution in [2.75, 3.05) is 0 Å². The summed E-state index contributed by atoms with van der Waals surface area (Å²) in [5.74, 6) is 0. The van der Waals surface area contributed by atoms with E-state index in [4.69, 9.17) is 0 Å². The summed E-state index contributed by atoms with van der Waals surface area (Å²) >= 11 is 3.22. The van der Waals surface area contributed by atoms with Crippen LogP contribution >= 0.6 is 22.7 Å². The van der Waals surface area contributed by atoms with E-state index in [1.807, 2.05) is 17.5 Å². The fourth-order valence-electron chi connectivity index (χ4n) is 1.54. The zero-order valence-electron chi connectivity index (χ0n) is 7.19. The Morgan fingerprint density at radius 1 is 1.00 bits per heavy atom. The summed E-state index contributed by atoms with van der Waals surface area (Å²) in [5, 5.41) is 3.07. The third-order valence-corrected chi connectivity index (χ3v) is 4.43. The molecule has 0 amide bonds. The summed E-state index contributed by atoms with van der Waals surface area (Å²) in [4.78, 5) is 11.6. The van der Waals surface area contributed by atoms with Crippen LogP contribution in [-0.2, 0) is 0 Å². The summed E-state index contributed by atoms with van der Waals surface area (Å²) in [7, 11) is 0. The van der Waals surface area contributed by atoms with Crippen LogP contribution in [0.2, 0.25) is 0 Å². The van der Waals surface area contributed by atoms with Crippen molar-refractivity contribution in [3.05, 3.63) is 45.9 Å². The van der Waals surface area contributed by atoms with E-state index in [2.05, 4.69) is 12.1 Å². The second kappa shape index (κ2) is 2.90. The number of hydrogen-bond donors (Lipinski definition) is 0. The molecule has 0 aliphatic carbocycles. The quantitative estimate of drug-likeness (QED) is 0.564. The highest BCUT2D eigenvalue weighted by Gasteiger charge is 2.06. The van der Waals surface area contributed by atoms with Crippen molar-refractivity contribution in [3.63, 3.8) is 0 Å². The maximum Gasteiger partial charge on any atom is 0.198 e. The van der Waals surface area contributed by atoms with Gasteiger partial charge in [0.15, 0.2) is 5.43 Å². The van der Waals surface area contributed by atoms with E-state index < -0.39 is 0 Å². The Morgan fingerprint density at radius 3 is 2.79 bits per heavy atom. The van der Waals surface area contributed by atoms with E-state index >= 15 is 0 Å². The Kier molecular flexibility index (Phi) is 1.69. The van der Waals surface area contributed by atoms with Gasteiger partial charge in [0.05, 0.1) is 9.40 Å². The van der Waals surface area contributed by atoms with Gasteiger partial charge in [-0.25, -0.2) is 0 Å². The number of thiophene rings is 1. The summed E-state index contributed by atoms with van der Waals surface area (Å²) in [5.41, 5.74) is 0.139. The van der Waals surface area contributed by atoms with Crippen LogP contribution in [0.4, 0.5) is 0 Å². The minimum atomic E-state index is 0.139. The average molecular weight is 218 g/mol. The third-order valence-electron chi connectivity index (χ3n) is 2.18. The third kappa shape index (κ3) is 1.03. The van der Waals surface area contributed by atoms with Gasteiger partial charge in [0.2, 0.25) is 0 Å². The van der Waals surface area contributed by atoms with Crippen LogP contribution in [0.1, 0.15) is 0 Å². The molecule has 3 aromatic rings. The van der Waals surface area contributed by atoms with Crippen molar-refractivity contribution < 1.29 is 0 Å². The fourth-order valence-corrected chi connectivity index (χ4v) is 3.73. The van der Waals surface area contributed by atoms with E-state index in [-0.39, 0.29) is 5.43 Å². The summed E-state index contributed by atoms with van der Waals surface area (Å²) in [6, 6.07) is 9.80. The molecule has 68 valence electrons. The Hall–Kier alpha value is -1.19. The van der Waals surface area contributed by atoms with Crippen LogP contribution < -0.4 is 5.43 Å². The zero-order chi connectivity index (χ0) is 9.54. The number of fused-ring (bicyclic) bond motifs is 3. The van der Waals surface area contributed by atoms with Crippen molar-refractivity contribution in [2.24, 2.45) is 0 Å². The lowest BCUT2D eigenvalue weighted by Crippen LogP contribution is -1.92.